The van der Waals surface area contributed by atoms with Crippen molar-refractivity contribution in [3.8, 4) is 11.5 Å². The number of benzene rings is 1. The van der Waals surface area contributed by atoms with Crippen LogP contribution in [0.5, 0.6) is 0 Å². The van der Waals surface area contributed by atoms with Crippen molar-refractivity contribution in [2.45, 2.75) is 20.3 Å². The highest BCUT2D eigenvalue weighted by Crippen LogP contribution is 2.22. The second-order valence-electron chi connectivity index (χ2n) is 4.83. The number of aliphatic carboxylic acids is 1. The molecule has 6 nitrogen and oxygen atoms in total. The minimum absolute atomic E-state index is 0.0989. The van der Waals surface area contributed by atoms with E-state index in [4.69, 9.17) is 9.52 Å². The van der Waals surface area contributed by atoms with E-state index in [1.54, 1.807) is 13.8 Å². The molecule has 0 bridgehead atoms. The maximum absolute atomic E-state index is 12.5. The molecule has 1 aromatic carbocycles. The van der Waals surface area contributed by atoms with Crippen molar-refractivity contribution in [2.75, 3.05) is 13.1 Å². The van der Waals surface area contributed by atoms with E-state index < -0.39 is 5.97 Å². The first kappa shape index (κ1) is 15.8. The summed E-state index contributed by atoms with van der Waals surface area (Å²) in [7, 11) is 0. The first-order valence-electron chi connectivity index (χ1n) is 7.06. The lowest BCUT2D eigenvalue weighted by Gasteiger charge is -2.18. The molecule has 0 fully saturated rings. The molecule has 0 unspecified atom stereocenters. The molecule has 116 valence electrons. The normalized spacial score (nSPS) is 10.5. The Hall–Kier alpha value is -2.63. The van der Waals surface area contributed by atoms with Gasteiger partial charge in [-0.3, -0.25) is 9.59 Å². The summed E-state index contributed by atoms with van der Waals surface area (Å²) in [6.07, 6.45) is -0.0989. The van der Waals surface area contributed by atoms with Gasteiger partial charge in [-0.25, -0.2) is 4.98 Å². The lowest BCUT2D eigenvalue weighted by atomic mass is 10.2. The van der Waals surface area contributed by atoms with Gasteiger partial charge in [0.15, 0.2) is 0 Å². The summed E-state index contributed by atoms with van der Waals surface area (Å²) in [6, 6.07) is 9.31. The Morgan fingerprint density at radius 1 is 1.27 bits per heavy atom. The molecule has 0 saturated carbocycles. The number of carboxylic acids is 1. The lowest BCUT2D eigenvalue weighted by Crippen LogP contribution is -2.33. The number of carbonyl (C=O) groups excluding carboxylic acids is 1. The third kappa shape index (κ3) is 3.52. The number of amides is 1. The number of nitrogens with zero attached hydrogens (tertiary/aromatic N) is 2. The highest BCUT2D eigenvalue weighted by molar-refractivity contribution is 5.93. The number of carbonyl (C=O) groups is 2. The van der Waals surface area contributed by atoms with E-state index in [9.17, 15) is 9.59 Å². The Morgan fingerprint density at radius 2 is 1.95 bits per heavy atom. The van der Waals surface area contributed by atoms with Crippen molar-refractivity contribution in [3.63, 3.8) is 0 Å². The fourth-order valence-corrected chi connectivity index (χ4v) is 2.08. The third-order valence-corrected chi connectivity index (χ3v) is 3.28. The number of aryl methyl sites for hydroxylation is 1. The summed E-state index contributed by atoms with van der Waals surface area (Å²) < 4.78 is 5.60. The van der Waals surface area contributed by atoms with E-state index in [1.807, 2.05) is 30.3 Å². The van der Waals surface area contributed by atoms with Crippen molar-refractivity contribution in [3.05, 3.63) is 41.8 Å². The Balaban J connectivity index is 2.22. The first-order chi connectivity index (χ1) is 10.5. The molecule has 0 aliphatic heterocycles. The average molecular weight is 302 g/mol. The molecule has 1 aromatic heterocycles. The Morgan fingerprint density at radius 3 is 2.55 bits per heavy atom. The molecule has 0 aliphatic carbocycles. The fraction of sp³-hybridized carbons (Fsp3) is 0.312. The van der Waals surface area contributed by atoms with Gasteiger partial charge in [-0.1, -0.05) is 18.2 Å². The molecule has 1 amide bonds. The molecular formula is C16H18N2O4. The van der Waals surface area contributed by atoms with E-state index in [1.165, 1.54) is 4.90 Å². The minimum atomic E-state index is -0.939. The lowest BCUT2D eigenvalue weighted by molar-refractivity contribution is -0.137. The summed E-state index contributed by atoms with van der Waals surface area (Å²) in [5.41, 5.74) is 1.29. The van der Waals surface area contributed by atoms with Crippen LogP contribution in [0.2, 0.25) is 0 Å². The van der Waals surface area contributed by atoms with Crippen LogP contribution in [-0.2, 0) is 4.79 Å². The molecule has 0 saturated heterocycles. The van der Waals surface area contributed by atoms with Gasteiger partial charge in [0.2, 0.25) is 11.7 Å². The highest BCUT2D eigenvalue weighted by Gasteiger charge is 2.23. The Bertz CT molecular complexity index is 664. The highest BCUT2D eigenvalue weighted by atomic mass is 16.4. The molecule has 1 heterocycles. The second kappa shape index (κ2) is 6.89. The third-order valence-electron chi connectivity index (χ3n) is 3.28. The zero-order chi connectivity index (χ0) is 16.1. The maximum atomic E-state index is 12.5. The fourth-order valence-electron chi connectivity index (χ4n) is 2.08. The van der Waals surface area contributed by atoms with Gasteiger partial charge < -0.3 is 14.4 Å². The zero-order valence-electron chi connectivity index (χ0n) is 12.6. The Labute approximate surface area is 128 Å². The largest absolute Gasteiger partial charge is 0.481 e. The number of aromatic nitrogens is 1. The molecule has 6 heteroatoms. The number of oxazole rings is 1. The van der Waals surface area contributed by atoms with Gasteiger partial charge >= 0.3 is 5.97 Å². The number of hydrogen-bond donors (Lipinski definition) is 1. The van der Waals surface area contributed by atoms with Crippen molar-refractivity contribution < 1.29 is 19.1 Å². The van der Waals surface area contributed by atoms with Gasteiger partial charge in [0.1, 0.15) is 0 Å². The molecule has 0 atom stereocenters. The SMILES string of the molecule is CCN(CCC(=O)O)C(=O)c1oc(-c2ccccc2)nc1C. The summed E-state index contributed by atoms with van der Waals surface area (Å²) in [5, 5.41) is 8.74. The van der Waals surface area contributed by atoms with Crippen LogP contribution in [0, 0.1) is 6.92 Å². The van der Waals surface area contributed by atoms with Crippen molar-refractivity contribution in [1.82, 2.24) is 9.88 Å². The summed E-state index contributed by atoms with van der Waals surface area (Å²) in [6.45, 7) is 4.05. The molecule has 2 rings (SSSR count). The predicted octanol–water partition coefficient (Wildman–Crippen LogP) is 2.59. The predicted molar refractivity (Wildman–Crippen MR) is 80.5 cm³/mol. The average Bonchev–Trinajstić information content (AvgIpc) is 2.90. The molecule has 1 N–H and O–H groups in total. The van der Waals surface area contributed by atoms with Crippen molar-refractivity contribution >= 4 is 11.9 Å². The van der Waals surface area contributed by atoms with Gasteiger partial charge in [-0.2, -0.15) is 0 Å². The second-order valence-corrected chi connectivity index (χ2v) is 4.83. The monoisotopic (exact) mass is 302 g/mol. The van der Waals surface area contributed by atoms with E-state index in [0.717, 1.165) is 5.56 Å². The van der Waals surface area contributed by atoms with Gasteiger partial charge in [0, 0.05) is 18.7 Å². The molecule has 2 aromatic rings. The molecule has 22 heavy (non-hydrogen) atoms. The topological polar surface area (TPSA) is 83.6 Å². The zero-order valence-corrected chi connectivity index (χ0v) is 12.6. The smallest absolute Gasteiger partial charge is 0.305 e. The van der Waals surface area contributed by atoms with Crippen molar-refractivity contribution in [1.29, 1.82) is 0 Å². The summed E-state index contributed by atoms with van der Waals surface area (Å²) in [5.74, 6) is -0.733. The quantitative estimate of drug-likeness (QED) is 0.886. The van der Waals surface area contributed by atoms with Crippen LogP contribution in [0.25, 0.3) is 11.5 Å². The molecular weight excluding hydrogens is 284 g/mol. The van der Waals surface area contributed by atoms with Gasteiger partial charge in [-0.15, -0.1) is 0 Å². The number of carboxylic acid groups (broad SMARTS) is 1. The van der Waals surface area contributed by atoms with Gasteiger partial charge in [0.05, 0.1) is 12.1 Å². The molecule has 0 spiro atoms. The molecule has 0 aliphatic rings. The minimum Gasteiger partial charge on any atom is -0.481 e. The van der Waals surface area contributed by atoms with Crippen LogP contribution in [0.1, 0.15) is 29.6 Å². The van der Waals surface area contributed by atoms with Crippen LogP contribution in [-0.4, -0.2) is 40.0 Å². The number of hydrogen-bond acceptors (Lipinski definition) is 4. The van der Waals surface area contributed by atoms with E-state index in [2.05, 4.69) is 4.98 Å². The van der Waals surface area contributed by atoms with Crippen LogP contribution in [0.3, 0.4) is 0 Å². The van der Waals surface area contributed by atoms with E-state index in [-0.39, 0.29) is 24.6 Å². The van der Waals surface area contributed by atoms with Crippen LogP contribution in [0.4, 0.5) is 0 Å². The van der Waals surface area contributed by atoms with Crippen LogP contribution in [0.15, 0.2) is 34.7 Å². The van der Waals surface area contributed by atoms with Gasteiger partial charge in [-0.05, 0) is 26.0 Å². The Kier molecular flexibility index (Phi) is 4.93. The van der Waals surface area contributed by atoms with Crippen LogP contribution >= 0.6 is 0 Å². The van der Waals surface area contributed by atoms with Gasteiger partial charge in [0.25, 0.3) is 5.91 Å². The number of rotatable bonds is 6. The van der Waals surface area contributed by atoms with Crippen LogP contribution < -0.4 is 0 Å². The summed E-state index contributed by atoms with van der Waals surface area (Å²) in [4.78, 5) is 28.8. The molecule has 0 radical (unpaired) electrons. The standard InChI is InChI=1S/C16H18N2O4/c1-3-18(10-9-13(19)20)16(21)14-11(2)17-15(22-14)12-7-5-4-6-8-12/h4-8H,3,9-10H2,1-2H3,(H,19,20). The van der Waals surface area contributed by atoms with E-state index in [0.29, 0.717) is 18.1 Å². The first-order valence-corrected chi connectivity index (χ1v) is 7.06. The van der Waals surface area contributed by atoms with E-state index >= 15 is 0 Å². The van der Waals surface area contributed by atoms with Crippen molar-refractivity contribution in [2.24, 2.45) is 0 Å². The maximum Gasteiger partial charge on any atom is 0.305 e. The summed E-state index contributed by atoms with van der Waals surface area (Å²) >= 11 is 0.